The number of ether oxygens (including phenoxy) is 1. The van der Waals surface area contributed by atoms with Crippen molar-refractivity contribution in [3.8, 4) is 0 Å². The Hall–Kier alpha value is -0.120. The summed E-state index contributed by atoms with van der Waals surface area (Å²) in [6.45, 7) is 13.1. The van der Waals surface area contributed by atoms with Crippen molar-refractivity contribution in [3.63, 3.8) is 0 Å². The third-order valence-electron chi connectivity index (χ3n) is 3.97. The van der Waals surface area contributed by atoms with Crippen molar-refractivity contribution >= 4 is 0 Å². The van der Waals surface area contributed by atoms with Gasteiger partial charge in [0.05, 0.1) is 6.61 Å². The molecule has 1 atom stereocenters. The van der Waals surface area contributed by atoms with Crippen LogP contribution in [-0.4, -0.2) is 51.3 Å². The number of nitrogens with zero attached hydrogens (tertiary/aromatic N) is 1. The van der Waals surface area contributed by atoms with E-state index in [9.17, 15) is 0 Å². The molecule has 1 rings (SSSR count). The van der Waals surface area contributed by atoms with Gasteiger partial charge in [-0.1, -0.05) is 27.2 Å². The van der Waals surface area contributed by atoms with E-state index >= 15 is 0 Å². The number of rotatable bonds is 12. The molecule has 3 nitrogen and oxygen atoms in total. The largest absolute Gasteiger partial charge is 0.380 e. The fourth-order valence-corrected chi connectivity index (χ4v) is 2.74. The van der Waals surface area contributed by atoms with E-state index in [2.05, 4.69) is 38.0 Å². The number of hydrogen-bond acceptors (Lipinski definition) is 3. The van der Waals surface area contributed by atoms with E-state index in [1.54, 1.807) is 0 Å². The molecule has 0 spiro atoms. The summed E-state index contributed by atoms with van der Waals surface area (Å²) < 4.78 is 5.73. The zero-order chi connectivity index (χ0) is 14.1. The number of nitrogens with one attached hydrogen (secondary N) is 1. The molecule has 0 aromatic rings. The van der Waals surface area contributed by atoms with Crippen LogP contribution >= 0.6 is 0 Å². The first-order chi connectivity index (χ1) is 9.09. The van der Waals surface area contributed by atoms with E-state index in [1.165, 1.54) is 25.7 Å². The fraction of sp³-hybridized carbons (Fsp3) is 1.00. The molecular formula is C16H34N2O. The van der Waals surface area contributed by atoms with Crippen LogP contribution in [0.1, 0.15) is 46.5 Å². The van der Waals surface area contributed by atoms with E-state index in [0.717, 1.165) is 45.3 Å². The molecule has 0 aromatic heterocycles. The molecule has 1 unspecified atom stereocenters. The predicted octanol–water partition coefficient (Wildman–Crippen LogP) is 2.76. The van der Waals surface area contributed by atoms with Crippen molar-refractivity contribution in [3.05, 3.63) is 0 Å². The average molecular weight is 270 g/mol. The normalized spacial score (nSPS) is 18.8. The zero-order valence-electron chi connectivity index (χ0n) is 13.5. The highest BCUT2D eigenvalue weighted by molar-refractivity contribution is 4.79. The van der Waals surface area contributed by atoms with Gasteiger partial charge < -0.3 is 15.0 Å². The van der Waals surface area contributed by atoms with Crippen LogP contribution in [0.25, 0.3) is 0 Å². The second-order valence-corrected chi connectivity index (χ2v) is 6.60. The lowest BCUT2D eigenvalue weighted by Crippen LogP contribution is -2.42. The minimum atomic E-state index is 0.385. The minimum absolute atomic E-state index is 0.385. The summed E-state index contributed by atoms with van der Waals surface area (Å²) in [4.78, 5) is 2.43. The van der Waals surface area contributed by atoms with Crippen molar-refractivity contribution < 1.29 is 4.74 Å². The van der Waals surface area contributed by atoms with Gasteiger partial charge in [0.15, 0.2) is 0 Å². The van der Waals surface area contributed by atoms with Gasteiger partial charge in [0.2, 0.25) is 0 Å². The highest BCUT2D eigenvalue weighted by Crippen LogP contribution is 2.28. The standard InChI is InChI=1S/C16H34N2O/c1-5-9-16(3,13-17-6-2)14-18(4)10-11-19-12-15-7-8-15/h15,17H,5-14H2,1-4H3. The number of likely N-dealkylation sites (N-methyl/N-ethyl adjacent to an activating group) is 1. The lowest BCUT2D eigenvalue weighted by molar-refractivity contribution is 0.0872. The van der Waals surface area contributed by atoms with Crippen LogP contribution < -0.4 is 5.32 Å². The van der Waals surface area contributed by atoms with Crippen molar-refractivity contribution in [2.24, 2.45) is 11.3 Å². The molecule has 1 aliphatic carbocycles. The Morgan fingerprint density at radius 1 is 1.32 bits per heavy atom. The molecule has 1 saturated carbocycles. The molecule has 0 heterocycles. The zero-order valence-corrected chi connectivity index (χ0v) is 13.5. The lowest BCUT2D eigenvalue weighted by Gasteiger charge is -2.34. The maximum Gasteiger partial charge on any atom is 0.0593 e. The van der Waals surface area contributed by atoms with Crippen LogP contribution in [0.2, 0.25) is 0 Å². The van der Waals surface area contributed by atoms with Crippen molar-refractivity contribution in [2.45, 2.75) is 46.5 Å². The van der Waals surface area contributed by atoms with Gasteiger partial charge in [0.25, 0.3) is 0 Å². The molecule has 0 amide bonds. The van der Waals surface area contributed by atoms with Gasteiger partial charge in [0, 0.05) is 26.2 Å². The van der Waals surface area contributed by atoms with E-state index in [4.69, 9.17) is 4.74 Å². The van der Waals surface area contributed by atoms with Gasteiger partial charge in [0.1, 0.15) is 0 Å². The number of hydrogen-bond donors (Lipinski definition) is 1. The van der Waals surface area contributed by atoms with Crippen LogP contribution in [0.3, 0.4) is 0 Å². The lowest BCUT2D eigenvalue weighted by atomic mass is 9.85. The Labute approximate surface area is 120 Å². The quantitative estimate of drug-likeness (QED) is 0.552. The summed E-state index contributed by atoms with van der Waals surface area (Å²) in [7, 11) is 2.22. The topological polar surface area (TPSA) is 24.5 Å². The molecule has 19 heavy (non-hydrogen) atoms. The van der Waals surface area contributed by atoms with E-state index in [0.29, 0.717) is 5.41 Å². The van der Waals surface area contributed by atoms with Gasteiger partial charge in [-0.15, -0.1) is 0 Å². The molecule has 1 aliphatic rings. The van der Waals surface area contributed by atoms with E-state index < -0.39 is 0 Å². The molecule has 1 N–H and O–H groups in total. The van der Waals surface area contributed by atoms with Crippen LogP contribution in [0.5, 0.6) is 0 Å². The molecule has 0 bridgehead atoms. The van der Waals surface area contributed by atoms with E-state index in [1.807, 2.05) is 0 Å². The first-order valence-electron chi connectivity index (χ1n) is 8.06. The summed E-state index contributed by atoms with van der Waals surface area (Å²) in [5.74, 6) is 0.879. The average Bonchev–Trinajstić information content (AvgIpc) is 3.16. The molecule has 1 fully saturated rings. The summed E-state index contributed by atoms with van der Waals surface area (Å²) >= 11 is 0. The smallest absolute Gasteiger partial charge is 0.0593 e. The summed E-state index contributed by atoms with van der Waals surface area (Å²) in [6.07, 6.45) is 5.31. The highest BCUT2D eigenvalue weighted by atomic mass is 16.5. The maximum absolute atomic E-state index is 5.73. The van der Waals surface area contributed by atoms with Gasteiger partial charge in [-0.3, -0.25) is 0 Å². The predicted molar refractivity (Wildman–Crippen MR) is 82.6 cm³/mol. The minimum Gasteiger partial charge on any atom is -0.380 e. The van der Waals surface area contributed by atoms with Gasteiger partial charge in [-0.25, -0.2) is 0 Å². The van der Waals surface area contributed by atoms with Crippen LogP contribution in [-0.2, 0) is 4.74 Å². The third-order valence-corrected chi connectivity index (χ3v) is 3.97. The Morgan fingerprint density at radius 3 is 2.63 bits per heavy atom. The maximum atomic E-state index is 5.73. The Kier molecular flexibility index (Phi) is 7.96. The van der Waals surface area contributed by atoms with Gasteiger partial charge in [-0.05, 0) is 44.2 Å². The molecule has 0 aliphatic heterocycles. The SMILES string of the molecule is CCCC(C)(CNCC)CN(C)CCOCC1CC1. The molecule has 0 aromatic carbocycles. The third kappa shape index (κ3) is 7.91. The fourth-order valence-electron chi connectivity index (χ4n) is 2.74. The van der Waals surface area contributed by atoms with Crippen LogP contribution in [0.4, 0.5) is 0 Å². The highest BCUT2D eigenvalue weighted by Gasteiger charge is 2.25. The Morgan fingerprint density at radius 2 is 2.05 bits per heavy atom. The van der Waals surface area contributed by atoms with Gasteiger partial charge >= 0.3 is 0 Å². The summed E-state index contributed by atoms with van der Waals surface area (Å²) in [5.41, 5.74) is 0.385. The van der Waals surface area contributed by atoms with Crippen LogP contribution in [0, 0.1) is 11.3 Å². The molecule has 0 radical (unpaired) electrons. The molecule has 114 valence electrons. The molecule has 3 heteroatoms. The Bertz CT molecular complexity index is 231. The molecular weight excluding hydrogens is 236 g/mol. The Balaban J connectivity index is 2.17. The van der Waals surface area contributed by atoms with Crippen molar-refractivity contribution in [1.82, 2.24) is 10.2 Å². The van der Waals surface area contributed by atoms with Crippen molar-refractivity contribution in [1.29, 1.82) is 0 Å². The second kappa shape index (κ2) is 8.93. The van der Waals surface area contributed by atoms with E-state index in [-0.39, 0.29) is 0 Å². The summed E-state index contributed by atoms with van der Waals surface area (Å²) in [5, 5.41) is 3.51. The van der Waals surface area contributed by atoms with Crippen LogP contribution in [0.15, 0.2) is 0 Å². The summed E-state index contributed by atoms with van der Waals surface area (Å²) in [6, 6.07) is 0. The van der Waals surface area contributed by atoms with Crippen molar-refractivity contribution in [2.75, 3.05) is 46.4 Å². The first-order valence-corrected chi connectivity index (χ1v) is 8.06. The second-order valence-electron chi connectivity index (χ2n) is 6.60. The van der Waals surface area contributed by atoms with Gasteiger partial charge in [-0.2, -0.15) is 0 Å². The molecule has 0 saturated heterocycles. The first kappa shape index (κ1) is 16.9. The monoisotopic (exact) mass is 270 g/mol.